The maximum absolute atomic E-state index is 3.81. The molecule has 1 unspecified atom stereocenters. The molecule has 0 nitrogen and oxygen atoms in total. The van der Waals surface area contributed by atoms with Crippen molar-refractivity contribution in [1.29, 1.82) is 0 Å². The summed E-state index contributed by atoms with van der Waals surface area (Å²) in [6.45, 7) is 15.3. The molecule has 0 amide bonds. The number of hydrogen-bond acceptors (Lipinski definition) is 0. The fraction of sp³-hybridized carbons (Fsp3) is 0.429. The van der Waals surface area contributed by atoms with E-state index < -0.39 is 0 Å². The molecule has 0 fully saturated rings. The largest absolute Gasteiger partial charge is 0.0991 e. The molecule has 0 saturated heterocycles. The summed E-state index contributed by atoms with van der Waals surface area (Å²) in [6, 6.07) is 9.00. The predicted octanol–water partition coefficient (Wildman–Crippen LogP) is 6.13. The summed E-state index contributed by atoms with van der Waals surface area (Å²) in [6.07, 6.45) is 8.73. The van der Waals surface area contributed by atoms with Gasteiger partial charge < -0.3 is 0 Å². The zero-order chi connectivity index (χ0) is 15.7. The standard InChI is InChI=1S/C21H28/c1-7-9-16(2)13-19-14-20(4,5)15-21(19,6)18-11-8-10-17(3)12-18/h7-12,14H,1,13,15H2,2-6H3. The molecule has 2 rings (SSSR count). The van der Waals surface area contributed by atoms with E-state index in [9.17, 15) is 0 Å². The van der Waals surface area contributed by atoms with E-state index in [0.29, 0.717) is 0 Å². The fourth-order valence-corrected chi connectivity index (χ4v) is 3.79. The first-order chi connectivity index (χ1) is 9.77. The van der Waals surface area contributed by atoms with E-state index in [4.69, 9.17) is 0 Å². The van der Waals surface area contributed by atoms with E-state index in [2.05, 4.69) is 77.6 Å². The first-order valence-corrected chi connectivity index (χ1v) is 7.84. The molecule has 0 radical (unpaired) electrons. The summed E-state index contributed by atoms with van der Waals surface area (Å²) in [7, 11) is 0. The first kappa shape index (κ1) is 15.8. The summed E-state index contributed by atoms with van der Waals surface area (Å²) >= 11 is 0. The van der Waals surface area contributed by atoms with E-state index in [1.165, 1.54) is 23.1 Å². The average Bonchev–Trinajstić information content (AvgIpc) is 2.60. The maximum Gasteiger partial charge on any atom is 0.0145 e. The lowest BCUT2D eigenvalue weighted by Gasteiger charge is -2.32. The molecule has 112 valence electrons. The highest BCUT2D eigenvalue weighted by molar-refractivity contribution is 5.44. The van der Waals surface area contributed by atoms with Crippen molar-refractivity contribution in [1.82, 2.24) is 0 Å². The number of hydrogen-bond donors (Lipinski definition) is 0. The molecule has 0 heteroatoms. The minimum Gasteiger partial charge on any atom is -0.0991 e. The smallest absolute Gasteiger partial charge is 0.0145 e. The highest BCUT2D eigenvalue weighted by atomic mass is 14.5. The zero-order valence-corrected chi connectivity index (χ0v) is 14.2. The SMILES string of the molecule is C=CC=C(C)CC1=CC(C)(C)CC1(C)c1cccc(C)c1. The molecular formula is C21H28. The van der Waals surface area contributed by atoms with Gasteiger partial charge in [0.1, 0.15) is 0 Å². The van der Waals surface area contributed by atoms with Gasteiger partial charge in [-0.25, -0.2) is 0 Å². The van der Waals surface area contributed by atoms with Crippen LogP contribution in [0.3, 0.4) is 0 Å². The third kappa shape index (κ3) is 3.37. The van der Waals surface area contributed by atoms with Crippen LogP contribution in [0.25, 0.3) is 0 Å². The fourth-order valence-electron chi connectivity index (χ4n) is 3.79. The van der Waals surface area contributed by atoms with Crippen LogP contribution in [-0.4, -0.2) is 0 Å². The van der Waals surface area contributed by atoms with Crippen LogP contribution in [0.2, 0.25) is 0 Å². The lowest BCUT2D eigenvalue weighted by molar-refractivity contribution is 0.378. The van der Waals surface area contributed by atoms with Crippen molar-refractivity contribution >= 4 is 0 Å². The Kier molecular flexibility index (Phi) is 4.27. The minimum absolute atomic E-state index is 0.145. The average molecular weight is 280 g/mol. The molecule has 1 atom stereocenters. The van der Waals surface area contributed by atoms with Crippen LogP contribution in [0.15, 0.2) is 60.2 Å². The third-order valence-electron chi connectivity index (χ3n) is 4.61. The Hall–Kier alpha value is -1.56. The number of allylic oxidation sites excluding steroid dienone is 5. The van der Waals surface area contributed by atoms with Crippen LogP contribution >= 0.6 is 0 Å². The van der Waals surface area contributed by atoms with Gasteiger partial charge in [-0.15, -0.1) is 0 Å². The van der Waals surface area contributed by atoms with Crippen molar-refractivity contribution in [2.24, 2.45) is 5.41 Å². The molecule has 0 aliphatic heterocycles. The van der Waals surface area contributed by atoms with Crippen molar-refractivity contribution in [3.05, 3.63) is 71.3 Å². The minimum atomic E-state index is 0.145. The van der Waals surface area contributed by atoms with Gasteiger partial charge in [0.2, 0.25) is 0 Å². The van der Waals surface area contributed by atoms with Crippen molar-refractivity contribution in [3.8, 4) is 0 Å². The topological polar surface area (TPSA) is 0 Å². The normalized spacial score (nSPS) is 24.8. The van der Waals surface area contributed by atoms with Crippen molar-refractivity contribution in [3.63, 3.8) is 0 Å². The molecule has 0 aromatic heterocycles. The van der Waals surface area contributed by atoms with Gasteiger partial charge in [0.15, 0.2) is 0 Å². The number of aryl methyl sites for hydroxylation is 1. The van der Waals surface area contributed by atoms with E-state index >= 15 is 0 Å². The quantitative estimate of drug-likeness (QED) is 0.459. The molecule has 1 aromatic rings. The van der Waals surface area contributed by atoms with Gasteiger partial charge in [0.25, 0.3) is 0 Å². The van der Waals surface area contributed by atoms with E-state index in [1.54, 1.807) is 5.57 Å². The van der Waals surface area contributed by atoms with Gasteiger partial charge in [-0.1, -0.05) is 86.6 Å². The second kappa shape index (κ2) is 5.67. The Bertz CT molecular complexity index is 598. The van der Waals surface area contributed by atoms with Crippen molar-refractivity contribution < 1.29 is 0 Å². The molecule has 1 aromatic carbocycles. The van der Waals surface area contributed by atoms with Gasteiger partial charge in [0, 0.05) is 5.41 Å². The van der Waals surface area contributed by atoms with Crippen LogP contribution < -0.4 is 0 Å². The summed E-state index contributed by atoms with van der Waals surface area (Å²) < 4.78 is 0. The Morgan fingerprint density at radius 2 is 2.00 bits per heavy atom. The van der Waals surface area contributed by atoms with E-state index in [1.807, 2.05) is 6.08 Å². The van der Waals surface area contributed by atoms with Crippen molar-refractivity contribution in [2.45, 2.75) is 52.9 Å². The molecule has 21 heavy (non-hydrogen) atoms. The molecule has 0 N–H and O–H groups in total. The van der Waals surface area contributed by atoms with Crippen LogP contribution in [0, 0.1) is 12.3 Å². The summed E-state index contributed by atoms with van der Waals surface area (Å²) in [5.74, 6) is 0. The monoisotopic (exact) mass is 280 g/mol. The number of rotatable bonds is 4. The van der Waals surface area contributed by atoms with E-state index in [-0.39, 0.29) is 10.8 Å². The molecule has 0 spiro atoms. The highest BCUT2D eigenvalue weighted by Crippen LogP contribution is 2.51. The highest BCUT2D eigenvalue weighted by Gasteiger charge is 2.41. The molecule has 1 aliphatic rings. The zero-order valence-electron chi connectivity index (χ0n) is 14.2. The Morgan fingerprint density at radius 1 is 1.29 bits per heavy atom. The predicted molar refractivity (Wildman–Crippen MR) is 93.6 cm³/mol. The van der Waals surface area contributed by atoms with Gasteiger partial charge in [-0.3, -0.25) is 0 Å². The van der Waals surface area contributed by atoms with E-state index in [0.717, 1.165) is 6.42 Å². The number of benzene rings is 1. The molecule has 1 aliphatic carbocycles. The van der Waals surface area contributed by atoms with Gasteiger partial charge in [-0.2, -0.15) is 0 Å². The van der Waals surface area contributed by atoms with Crippen LogP contribution in [0.5, 0.6) is 0 Å². The van der Waals surface area contributed by atoms with Crippen LogP contribution in [-0.2, 0) is 5.41 Å². The van der Waals surface area contributed by atoms with Gasteiger partial charge >= 0.3 is 0 Å². The van der Waals surface area contributed by atoms with Gasteiger partial charge in [0.05, 0.1) is 0 Å². The third-order valence-corrected chi connectivity index (χ3v) is 4.61. The summed E-state index contributed by atoms with van der Waals surface area (Å²) in [5, 5.41) is 0. The molecular weight excluding hydrogens is 252 g/mol. The lowest BCUT2D eigenvalue weighted by atomic mass is 9.72. The van der Waals surface area contributed by atoms with Gasteiger partial charge in [-0.05, 0) is 37.7 Å². The molecule has 0 heterocycles. The first-order valence-electron chi connectivity index (χ1n) is 7.84. The lowest BCUT2D eigenvalue weighted by Crippen LogP contribution is -2.24. The van der Waals surface area contributed by atoms with Crippen LogP contribution in [0.4, 0.5) is 0 Å². The Morgan fingerprint density at radius 3 is 2.62 bits per heavy atom. The molecule has 0 bridgehead atoms. The second-order valence-corrected chi connectivity index (χ2v) is 7.46. The maximum atomic E-state index is 3.81. The Balaban J connectivity index is 2.43. The summed E-state index contributed by atoms with van der Waals surface area (Å²) in [4.78, 5) is 0. The Labute approximate surface area is 130 Å². The molecule has 0 saturated carbocycles. The van der Waals surface area contributed by atoms with Crippen LogP contribution in [0.1, 0.15) is 51.7 Å². The van der Waals surface area contributed by atoms with Crippen molar-refractivity contribution in [2.75, 3.05) is 0 Å². The second-order valence-electron chi connectivity index (χ2n) is 7.46. The summed E-state index contributed by atoms with van der Waals surface area (Å²) in [5.41, 5.74) is 6.14.